The lowest BCUT2D eigenvalue weighted by molar-refractivity contribution is 0.587. The molecule has 0 saturated carbocycles. The summed E-state index contributed by atoms with van der Waals surface area (Å²) in [6.07, 6.45) is 6.45. The number of nitrogens with one attached hydrogen (secondary N) is 2. The molecule has 0 aliphatic rings. The molecule has 7 nitrogen and oxygen atoms in total. The first-order chi connectivity index (χ1) is 13.3. The monoisotopic (exact) mass is 415 g/mol. The summed E-state index contributed by atoms with van der Waals surface area (Å²) in [5, 5.41) is 5.69. The van der Waals surface area contributed by atoms with E-state index in [1.165, 1.54) is 0 Å². The number of aromatic amines is 1. The van der Waals surface area contributed by atoms with Crippen LogP contribution in [0.1, 0.15) is 5.56 Å². The molecule has 28 heavy (non-hydrogen) atoms. The van der Waals surface area contributed by atoms with Gasteiger partial charge in [0.1, 0.15) is 5.65 Å². The van der Waals surface area contributed by atoms with Crippen LogP contribution in [0.2, 0.25) is 5.02 Å². The average Bonchev–Trinajstić information content (AvgIpc) is 3.22. The molecule has 4 aromatic rings. The van der Waals surface area contributed by atoms with Gasteiger partial charge in [-0.2, -0.15) is 5.10 Å². The van der Waals surface area contributed by atoms with Crippen molar-refractivity contribution in [2.75, 3.05) is 6.26 Å². The number of pyridine rings is 1. The van der Waals surface area contributed by atoms with E-state index in [0.717, 1.165) is 45.2 Å². The SMILES string of the molecule is Cn1cc(-c2[nH]c3ncc(Cl)cc3c2-c2cccc(CNS(C)(=O)=O)c2)cn1. The highest BCUT2D eigenvalue weighted by atomic mass is 35.5. The van der Waals surface area contributed by atoms with Gasteiger partial charge in [-0.3, -0.25) is 4.68 Å². The Kier molecular flexibility index (Phi) is 4.70. The number of nitrogens with zero attached hydrogens (tertiary/aromatic N) is 3. The number of rotatable bonds is 5. The van der Waals surface area contributed by atoms with Gasteiger partial charge in [-0.05, 0) is 23.3 Å². The number of sulfonamides is 1. The highest BCUT2D eigenvalue weighted by Gasteiger charge is 2.18. The van der Waals surface area contributed by atoms with E-state index in [1.54, 1.807) is 17.1 Å². The molecule has 0 amide bonds. The number of hydrogen-bond acceptors (Lipinski definition) is 4. The van der Waals surface area contributed by atoms with Crippen LogP contribution in [0.15, 0.2) is 48.9 Å². The quantitative estimate of drug-likeness (QED) is 0.522. The molecule has 9 heteroatoms. The maximum absolute atomic E-state index is 11.4. The summed E-state index contributed by atoms with van der Waals surface area (Å²) in [7, 11) is -1.41. The third kappa shape index (κ3) is 3.80. The highest BCUT2D eigenvalue weighted by molar-refractivity contribution is 7.88. The fraction of sp³-hybridized carbons (Fsp3) is 0.158. The van der Waals surface area contributed by atoms with Gasteiger partial charge in [0.25, 0.3) is 0 Å². The van der Waals surface area contributed by atoms with Gasteiger partial charge in [-0.1, -0.05) is 29.8 Å². The normalized spacial score (nSPS) is 12.0. The van der Waals surface area contributed by atoms with Crippen molar-refractivity contribution in [2.45, 2.75) is 6.54 Å². The second-order valence-electron chi connectivity index (χ2n) is 6.62. The van der Waals surface area contributed by atoms with Crippen molar-refractivity contribution in [1.29, 1.82) is 0 Å². The molecule has 0 radical (unpaired) electrons. The van der Waals surface area contributed by atoms with E-state index < -0.39 is 10.0 Å². The minimum absolute atomic E-state index is 0.219. The van der Waals surface area contributed by atoms with Crippen LogP contribution in [-0.4, -0.2) is 34.4 Å². The molecular formula is C19H18ClN5O2S. The molecule has 144 valence electrons. The van der Waals surface area contributed by atoms with E-state index >= 15 is 0 Å². The number of aromatic nitrogens is 4. The molecule has 0 aliphatic heterocycles. The fourth-order valence-corrected chi connectivity index (χ4v) is 3.75. The summed E-state index contributed by atoms with van der Waals surface area (Å²) >= 11 is 6.20. The van der Waals surface area contributed by atoms with Gasteiger partial charge in [-0.15, -0.1) is 0 Å². The number of aryl methyl sites for hydroxylation is 1. The Bertz CT molecular complexity index is 1280. The number of halogens is 1. The van der Waals surface area contributed by atoms with Gasteiger partial charge in [0, 0.05) is 42.5 Å². The van der Waals surface area contributed by atoms with Gasteiger partial charge in [0.15, 0.2) is 0 Å². The zero-order valence-corrected chi connectivity index (χ0v) is 16.8. The molecular weight excluding hydrogens is 398 g/mol. The first-order valence-electron chi connectivity index (χ1n) is 8.50. The standard InChI is InChI=1S/C19H18ClN5O2S/c1-25-11-14(9-22-25)18-17(16-7-15(20)10-21-19(16)24-18)13-5-3-4-12(6-13)8-23-28(2,26)27/h3-7,9-11,23H,8H2,1-2H3,(H,21,24). The molecule has 0 spiro atoms. The molecule has 2 N–H and O–H groups in total. The van der Waals surface area contributed by atoms with E-state index in [0.29, 0.717) is 5.02 Å². The topological polar surface area (TPSA) is 92.7 Å². The largest absolute Gasteiger partial charge is 0.339 e. The molecule has 3 aromatic heterocycles. The molecule has 1 aromatic carbocycles. The van der Waals surface area contributed by atoms with Crippen LogP contribution in [0.4, 0.5) is 0 Å². The number of H-pyrrole nitrogens is 1. The van der Waals surface area contributed by atoms with Crippen LogP contribution in [0, 0.1) is 0 Å². The van der Waals surface area contributed by atoms with Gasteiger partial charge in [-0.25, -0.2) is 18.1 Å². The van der Waals surface area contributed by atoms with E-state index in [2.05, 4.69) is 19.8 Å². The molecule has 0 aliphatic carbocycles. The Morgan fingerprint density at radius 1 is 1.21 bits per heavy atom. The average molecular weight is 416 g/mol. The third-order valence-electron chi connectivity index (χ3n) is 4.36. The lowest BCUT2D eigenvalue weighted by Crippen LogP contribution is -2.21. The lowest BCUT2D eigenvalue weighted by atomic mass is 9.98. The Hall–Kier alpha value is -2.68. The van der Waals surface area contributed by atoms with Gasteiger partial charge in [0.2, 0.25) is 10.0 Å². The van der Waals surface area contributed by atoms with Crippen molar-refractivity contribution < 1.29 is 8.42 Å². The Morgan fingerprint density at radius 2 is 2.04 bits per heavy atom. The van der Waals surface area contributed by atoms with Gasteiger partial charge >= 0.3 is 0 Å². The first-order valence-corrected chi connectivity index (χ1v) is 10.8. The van der Waals surface area contributed by atoms with E-state index in [1.807, 2.05) is 43.6 Å². The number of fused-ring (bicyclic) bond motifs is 1. The summed E-state index contributed by atoms with van der Waals surface area (Å²) in [5.41, 5.74) is 5.25. The molecule has 0 fully saturated rings. The van der Waals surface area contributed by atoms with Gasteiger partial charge in [0.05, 0.1) is 23.2 Å². The van der Waals surface area contributed by atoms with Crippen LogP contribution < -0.4 is 4.72 Å². The Morgan fingerprint density at radius 3 is 2.75 bits per heavy atom. The second kappa shape index (κ2) is 7.05. The molecule has 0 unspecified atom stereocenters. The van der Waals surface area contributed by atoms with E-state index in [4.69, 9.17) is 11.6 Å². The first kappa shape index (κ1) is 18.7. The summed E-state index contributed by atoms with van der Waals surface area (Å²) < 4.78 is 27.1. The molecule has 3 heterocycles. The summed E-state index contributed by atoms with van der Waals surface area (Å²) in [5.74, 6) is 0. The molecule has 0 atom stereocenters. The summed E-state index contributed by atoms with van der Waals surface area (Å²) in [4.78, 5) is 7.77. The third-order valence-corrected chi connectivity index (χ3v) is 5.24. The van der Waals surface area contributed by atoms with E-state index in [9.17, 15) is 8.42 Å². The Labute approximate surface area is 167 Å². The van der Waals surface area contributed by atoms with Crippen LogP contribution in [0.25, 0.3) is 33.4 Å². The zero-order valence-electron chi connectivity index (χ0n) is 15.3. The minimum atomic E-state index is -3.27. The molecule has 4 rings (SSSR count). The van der Waals surface area contributed by atoms with Crippen molar-refractivity contribution in [3.8, 4) is 22.4 Å². The van der Waals surface area contributed by atoms with Crippen LogP contribution in [0.3, 0.4) is 0 Å². The van der Waals surface area contributed by atoms with Gasteiger partial charge < -0.3 is 4.98 Å². The van der Waals surface area contributed by atoms with Crippen LogP contribution in [0.5, 0.6) is 0 Å². The predicted molar refractivity (Wildman–Crippen MR) is 110 cm³/mol. The maximum atomic E-state index is 11.4. The van der Waals surface area contributed by atoms with Crippen molar-refractivity contribution in [2.24, 2.45) is 7.05 Å². The predicted octanol–water partition coefficient (Wildman–Crippen LogP) is 3.33. The van der Waals surface area contributed by atoms with Crippen molar-refractivity contribution >= 4 is 32.7 Å². The van der Waals surface area contributed by atoms with Crippen LogP contribution in [-0.2, 0) is 23.6 Å². The maximum Gasteiger partial charge on any atom is 0.209 e. The smallest absolute Gasteiger partial charge is 0.209 e. The summed E-state index contributed by atoms with van der Waals surface area (Å²) in [6, 6.07) is 9.59. The van der Waals surface area contributed by atoms with Crippen molar-refractivity contribution in [1.82, 2.24) is 24.5 Å². The highest BCUT2D eigenvalue weighted by Crippen LogP contribution is 2.38. The second-order valence-corrected chi connectivity index (χ2v) is 8.89. The van der Waals surface area contributed by atoms with Crippen molar-refractivity contribution in [3.05, 3.63) is 59.5 Å². The minimum Gasteiger partial charge on any atom is -0.339 e. The zero-order chi connectivity index (χ0) is 19.9. The summed E-state index contributed by atoms with van der Waals surface area (Å²) in [6.45, 7) is 0.219. The van der Waals surface area contributed by atoms with Crippen molar-refractivity contribution in [3.63, 3.8) is 0 Å². The lowest BCUT2D eigenvalue weighted by Gasteiger charge is -2.08. The number of hydrogen-bond donors (Lipinski definition) is 2. The Balaban J connectivity index is 1.89. The molecule has 0 bridgehead atoms. The molecule has 0 saturated heterocycles. The fourth-order valence-electron chi connectivity index (χ4n) is 3.16. The number of benzene rings is 1. The van der Waals surface area contributed by atoms with E-state index in [-0.39, 0.29) is 6.54 Å². The van der Waals surface area contributed by atoms with Crippen LogP contribution >= 0.6 is 11.6 Å².